The summed E-state index contributed by atoms with van der Waals surface area (Å²) in [5.74, 6) is -3.94. The molecule has 0 aliphatic heterocycles. The van der Waals surface area contributed by atoms with E-state index in [1.54, 1.807) is 31.2 Å². The Bertz CT molecular complexity index is 777. The Labute approximate surface area is 143 Å². The van der Waals surface area contributed by atoms with Crippen molar-refractivity contribution in [2.75, 3.05) is 6.61 Å². The van der Waals surface area contributed by atoms with Crippen LogP contribution in [0.3, 0.4) is 0 Å². The summed E-state index contributed by atoms with van der Waals surface area (Å²) in [7, 11) is 0. The SMILES string of the molecule is CCOC(=O)[C@@]1(F)[C@@H]2C=C[C@@](N=[N+]=[N-])(C(=O)OCc3ccccc3)[C@@H]21. The molecule has 4 atom stereocenters. The lowest BCUT2D eigenvalue weighted by Gasteiger charge is -2.23. The molecule has 0 heterocycles. The van der Waals surface area contributed by atoms with Gasteiger partial charge in [0.15, 0.2) is 5.54 Å². The van der Waals surface area contributed by atoms with Crippen molar-refractivity contribution in [1.29, 1.82) is 0 Å². The molecule has 7 nitrogen and oxygen atoms in total. The van der Waals surface area contributed by atoms with Crippen LogP contribution < -0.4 is 0 Å². The van der Waals surface area contributed by atoms with Crippen molar-refractivity contribution >= 4 is 11.9 Å². The first-order valence-corrected chi connectivity index (χ1v) is 7.83. The van der Waals surface area contributed by atoms with E-state index in [4.69, 9.17) is 15.0 Å². The molecule has 2 aliphatic rings. The average Bonchev–Trinajstić information content (AvgIpc) is 3.03. The van der Waals surface area contributed by atoms with Gasteiger partial charge in [-0.1, -0.05) is 47.6 Å². The Morgan fingerprint density at radius 2 is 2.00 bits per heavy atom. The minimum Gasteiger partial charge on any atom is -0.464 e. The topological polar surface area (TPSA) is 101 Å². The number of alkyl halides is 1. The summed E-state index contributed by atoms with van der Waals surface area (Å²) in [5, 5.41) is 3.50. The lowest BCUT2D eigenvalue weighted by molar-refractivity contribution is -0.155. The maximum absolute atomic E-state index is 15.0. The molecule has 0 unspecified atom stereocenters. The number of halogens is 1. The van der Waals surface area contributed by atoms with Crippen LogP contribution in [0, 0.1) is 11.8 Å². The molecular weight excluding hydrogens is 329 g/mol. The van der Waals surface area contributed by atoms with Crippen LogP contribution in [-0.2, 0) is 25.7 Å². The number of azide groups is 1. The van der Waals surface area contributed by atoms with Gasteiger partial charge in [0.1, 0.15) is 6.61 Å². The van der Waals surface area contributed by atoms with Crippen molar-refractivity contribution in [2.45, 2.75) is 24.7 Å². The predicted molar refractivity (Wildman–Crippen MR) is 84.7 cm³/mol. The second-order valence-electron chi connectivity index (χ2n) is 5.93. The smallest absolute Gasteiger partial charge is 0.344 e. The third kappa shape index (κ3) is 2.55. The van der Waals surface area contributed by atoms with Gasteiger partial charge in [0.25, 0.3) is 0 Å². The second-order valence-corrected chi connectivity index (χ2v) is 5.93. The van der Waals surface area contributed by atoms with Crippen LogP contribution in [0.5, 0.6) is 0 Å². The van der Waals surface area contributed by atoms with E-state index >= 15 is 4.39 Å². The summed E-state index contributed by atoms with van der Waals surface area (Å²) in [4.78, 5) is 27.2. The molecule has 8 heteroatoms. The van der Waals surface area contributed by atoms with Gasteiger partial charge in [-0.2, -0.15) is 0 Å². The second kappa shape index (κ2) is 6.22. The van der Waals surface area contributed by atoms with Crippen LogP contribution in [0.15, 0.2) is 47.6 Å². The quantitative estimate of drug-likeness (QED) is 0.260. The first kappa shape index (κ1) is 17.0. The van der Waals surface area contributed by atoms with Gasteiger partial charge in [-0.05, 0) is 18.0 Å². The molecule has 0 aromatic heterocycles. The first-order chi connectivity index (χ1) is 12.0. The lowest BCUT2D eigenvalue weighted by Crippen LogP contribution is -2.42. The average molecular weight is 345 g/mol. The number of nitrogens with zero attached hydrogens (tertiary/aromatic N) is 3. The number of benzene rings is 1. The van der Waals surface area contributed by atoms with Gasteiger partial charge in [-0.25, -0.2) is 9.18 Å². The van der Waals surface area contributed by atoms with Crippen LogP contribution in [-0.4, -0.2) is 29.8 Å². The van der Waals surface area contributed by atoms with Gasteiger partial charge >= 0.3 is 11.9 Å². The van der Waals surface area contributed by atoms with E-state index in [0.29, 0.717) is 0 Å². The van der Waals surface area contributed by atoms with Gasteiger partial charge in [0.2, 0.25) is 5.67 Å². The number of rotatable bonds is 6. The number of hydrogen-bond donors (Lipinski definition) is 0. The van der Waals surface area contributed by atoms with E-state index in [1.165, 1.54) is 12.2 Å². The zero-order chi connectivity index (χ0) is 18.1. The Morgan fingerprint density at radius 3 is 2.64 bits per heavy atom. The Morgan fingerprint density at radius 1 is 1.28 bits per heavy atom. The third-order valence-electron chi connectivity index (χ3n) is 4.56. The first-order valence-electron chi connectivity index (χ1n) is 7.83. The van der Waals surface area contributed by atoms with Gasteiger partial charge in [0.05, 0.1) is 6.61 Å². The molecule has 1 aromatic carbocycles. The molecule has 0 saturated heterocycles. The molecule has 1 saturated carbocycles. The number of ether oxygens (including phenoxy) is 2. The molecule has 130 valence electrons. The largest absolute Gasteiger partial charge is 0.464 e. The normalized spacial score (nSPS) is 31.6. The minimum atomic E-state index is -2.37. The highest BCUT2D eigenvalue weighted by Crippen LogP contribution is 2.65. The fraction of sp³-hybridized carbons (Fsp3) is 0.412. The summed E-state index contributed by atoms with van der Waals surface area (Å²) in [5.41, 5.74) is 5.34. The highest BCUT2D eigenvalue weighted by Gasteiger charge is 2.81. The molecule has 0 N–H and O–H groups in total. The molecular formula is C17H16FN3O4. The summed E-state index contributed by atoms with van der Waals surface area (Å²) in [6.07, 6.45) is 2.69. The molecule has 2 aliphatic carbocycles. The summed E-state index contributed by atoms with van der Waals surface area (Å²) in [6.45, 7) is 1.52. The van der Waals surface area contributed by atoms with Crippen molar-refractivity contribution < 1.29 is 23.5 Å². The monoisotopic (exact) mass is 345 g/mol. The number of carbonyl (C=O) groups is 2. The minimum absolute atomic E-state index is 0.0145. The van der Waals surface area contributed by atoms with Crippen LogP contribution in [0.4, 0.5) is 4.39 Å². The molecule has 3 rings (SSSR count). The highest BCUT2D eigenvalue weighted by atomic mass is 19.1. The number of hydrogen-bond acceptors (Lipinski definition) is 5. The zero-order valence-corrected chi connectivity index (χ0v) is 13.5. The summed E-state index contributed by atoms with van der Waals surface area (Å²) < 4.78 is 25.0. The maximum atomic E-state index is 15.0. The highest BCUT2D eigenvalue weighted by molar-refractivity contribution is 5.94. The lowest BCUT2D eigenvalue weighted by atomic mass is 9.93. The van der Waals surface area contributed by atoms with E-state index in [-0.39, 0.29) is 13.2 Å². The van der Waals surface area contributed by atoms with E-state index in [0.717, 1.165) is 5.56 Å². The molecule has 1 fully saturated rings. The molecule has 0 radical (unpaired) electrons. The molecule has 0 bridgehead atoms. The van der Waals surface area contributed by atoms with Gasteiger partial charge in [-0.3, -0.25) is 4.79 Å². The van der Waals surface area contributed by atoms with E-state index in [2.05, 4.69) is 10.0 Å². The molecule has 0 spiro atoms. The Hall–Kier alpha value is -2.86. The third-order valence-corrected chi connectivity index (χ3v) is 4.56. The standard InChI is InChI=1S/C17H16FN3O4/c1-2-24-15(23)17(18)12-8-9-16(13(12)17,20-21-19)14(22)25-10-11-6-4-3-5-7-11/h3-9,12-13H,2,10H2,1H3/t12-,13-,16+,17-/m1/s1. The maximum Gasteiger partial charge on any atom is 0.344 e. The zero-order valence-electron chi connectivity index (χ0n) is 13.5. The number of allylic oxidation sites excluding steroid dienone is 1. The van der Waals surface area contributed by atoms with Crippen molar-refractivity contribution in [3.05, 3.63) is 58.5 Å². The molecule has 1 aromatic rings. The molecule has 25 heavy (non-hydrogen) atoms. The number of fused-ring (bicyclic) bond motifs is 1. The van der Waals surface area contributed by atoms with Crippen molar-refractivity contribution in [2.24, 2.45) is 17.0 Å². The van der Waals surface area contributed by atoms with E-state index in [1.807, 2.05) is 6.07 Å². The summed E-state index contributed by atoms with van der Waals surface area (Å²) >= 11 is 0. The molecule has 0 amide bonds. The number of esters is 2. The van der Waals surface area contributed by atoms with E-state index < -0.39 is 35.0 Å². The van der Waals surface area contributed by atoms with Crippen LogP contribution in [0.2, 0.25) is 0 Å². The van der Waals surface area contributed by atoms with E-state index in [9.17, 15) is 9.59 Å². The van der Waals surface area contributed by atoms with Gasteiger partial charge in [-0.15, -0.1) is 0 Å². The predicted octanol–water partition coefficient (Wildman–Crippen LogP) is 2.87. The summed E-state index contributed by atoms with van der Waals surface area (Å²) in [6, 6.07) is 8.91. The van der Waals surface area contributed by atoms with Crippen molar-refractivity contribution in [1.82, 2.24) is 0 Å². The Kier molecular flexibility index (Phi) is 4.22. The van der Waals surface area contributed by atoms with Crippen molar-refractivity contribution in [3.63, 3.8) is 0 Å². The Balaban J connectivity index is 1.81. The van der Waals surface area contributed by atoms with Gasteiger partial charge < -0.3 is 9.47 Å². The van der Waals surface area contributed by atoms with Crippen LogP contribution >= 0.6 is 0 Å². The fourth-order valence-electron chi connectivity index (χ4n) is 3.33. The number of carbonyl (C=O) groups excluding carboxylic acids is 2. The van der Waals surface area contributed by atoms with Crippen molar-refractivity contribution in [3.8, 4) is 0 Å². The van der Waals surface area contributed by atoms with Gasteiger partial charge in [0, 0.05) is 16.7 Å². The van der Waals surface area contributed by atoms with Crippen LogP contribution in [0.1, 0.15) is 12.5 Å². The fourth-order valence-corrected chi connectivity index (χ4v) is 3.33. The van der Waals surface area contributed by atoms with Crippen LogP contribution in [0.25, 0.3) is 10.4 Å².